The molecule has 0 aliphatic carbocycles. The monoisotopic (exact) mass is 222 g/mol. The van der Waals surface area contributed by atoms with Gasteiger partial charge in [0.2, 0.25) is 0 Å². The quantitative estimate of drug-likeness (QED) is 0.626. The van der Waals surface area contributed by atoms with Gasteiger partial charge in [0.1, 0.15) is 17.8 Å². The largest absolute Gasteiger partial charge is 0.388 e. The van der Waals surface area contributed by atoms with Crippen LogP contribution in [0.25, 0.3) is 6.08 Å². The number of hydrogen-bond acceptors (Lipinski definition) is 4. The minimum Gasteiger partial charge on any atom is -0.388 e. The lowest BCUT2D eigenvalue weighted by molar-refractivity contribution is 1.27. The molecule has 0 spiro atoms. The van der Waals surface area contributed by atoms with Crippen LogP contribution in [-0.2, 0) is 0 Å². The highest BCUT2D eigenvalue weighted by Crippen LogP contribution is 2.01. The van der Waals surface area contributed by atoms with E-state index in [2.05, 4.69) is 4.99 Å². The van der Waals surface area contributed by atoms with Gasteiger partial charge in [-0.3, -0.25) is 0 Å². The SMILES string of the molecule is N#CC(N)=C(C#N)N=C/C=C/c1ccccc1. The van der Waals surface area contributed by atoms with Crippen LogP contribution in [0.15, 0.2) is 52.8 Å². The molecule has 1 rings (SSSR count). The van der Waals surface area contributed by atoms with Crippen molar-refractivity contribution in [2.24, 2.45) is 10.7 Å². The highest BCUT2D eigenvalue weighted by molar-refractivity contribution is 5.79. The summed E-state index contributed by atoms with van der Waals surface area (Å²) in [6, 6.07) is 13.1. The smallest absolute Gasteiger partial charge is 0.174 e. The van der Waals surface area contributed by atoms with Gasteiger partial charge < -0.3 is 5.73 Å². The predicted molar refractivity (Wildman–Crippen MR) is 66.4 cm³/mol. The molecule has 2 N–H and O–H groups in total. The fourth-order valence-corrected chi connectivity index (χ4v) is 1.05. The molecule has 0 fully saturated rings. The van der Waals surface area contributed by atoms with Gasteiger partial charge in [0.15, 0.2) is 5.70 Å². The minimum absolute atomic E-state index is 0.0785. The Morgan fingerprint density at radius 2 is 1.88 bits per heavy atom. The van der Waals surface area contributed by atoms with Gasteiger partial charge in [-0.2, -0.15) is 10.5 Å². The van der Waals surface area contributed by atoms with E-state index in [0.29, 0.717) is 0 Å². The van der Waals surface area contributed by atoms with Crippen LogP contribution in [0.4, 0.5) is 0 Å². The lowest BCUT2D eigenvalue weighted by atomic mass is 10.2. The average Bonchev–Trinajstić information content (AvgIpc) is 2.39. The second-order valence-electron chi connectivity index (χ2n) is 3.03. The van der Waals surface area contributed by atoms with E-state index in [-0.39, 0.29) is 11.4 Å². The van der Waals surface area contributed by atoms with Gasteiger partial charge in [0.05, 0.1) is 0 Å². The number of aliphatic imine (C=N–C) groups is 1. The van der Waals surface area contributed by atoms with Gasteiger partial charge in [-0.15, -0.1) is 0 Å². The molecule has 0 aliphatic heterocycles. The van der Waals surface area contributed by atoms with Crippen LogP contribution in [0.3, 0.4) is 0 Å². The Morgan fingerprint density at radius 3 is 2.47 bits per heavy atom. The first-order valence-electron chi connectivity index (χ1n) is 4.83. The third kappa shape index (κ3) is 4.03. The minimum atomic E-state index is -0.183. The molecule has 0 radical (unpaired) electrons. The molecule has 4 nitrogen and oxygen atoms in total. The molecule has 1 aromatic carbocycles. The molecule has 0 unspecified atom stereocenters. The van der Waals surface area contributed by atoms with Crippen LogP contribution < -0.4 is 5.73 Å². The molecular formula is C13H10N4. The van der Waals surface area contributed by atoms with Gasteiger partial charge in [-0.05, 0) is 11.6 Å². The van der Waals surface area contributed by atoms with E-state index in [1.165, 1.54) is 6.21 Å². The molecule has 0 bridgehead atoms. The van der Waals surface area contributed by atoms with Crippen LogP contribution in [0, 0.1) is 22.7 Å². The Bertz CT molecular complexity index is 539. The number of hydrogen-bond donors (Lipinski definition) is 1. The van der Waals surface area contributed by atoms with Crippen LogP contribution in [0.1, 0.15) is 5.56 Å². The fourth-order valence-electron chi connectivity index (χ4n) is 1.05. The van der Waals surface area contributed by atoms with Crippen molar-refractivity contribution in [2.45, 2.75) is 0 Å². The molecule has 1 aromatic rings. The Kier molecular flexibility index (Phi) is 4.74. The van der Waals surface area contributed by atoms with Crippen molar-refractivity contribution in [1.82, 2.24) is 0 Å². The Hall–Kier alpha value is -2.85. The lowest BCUT2D eigenvalue weighted by Gasteiger charge is -1.89. The topological polar surface area (TPSA) is 86.0 Å². The van der Waals surface area contributed by atoms with E-state index in [9.17, 15) is 0 Å². The zero-order valence-electron chi connectivity index (χ0n) is 9.04. The van der Waals surface area contributed by atoms with E-state index in [0.717, 1.165) is 5.56 Å². The fraction of sp³-hybridized carbons (Fsp3) is 0. The average molecular weight is 222 g/mol. The number of nitriles is 2. The molecule has 0 heterocycles. The van der Waals surface area contributed by atoms with E-state index >= 15 is 0 Å². The standard InChI is InChI=1S/C13H10N4/c14-9-12(16)13(10-15)17-8-4-7-11-5-2-1-3-6-11/h1-8H,16H2/b7-4+,13-12?,17-8?. The zero-order valence-corrected chi connectivity index (χ0v) is 9.04. The molecule has 4 heteroatoms. The molecule has 0 atom stereocenters. The van der Waals surface area contributed by atoms with Crippen LogP contribution in [0.5, 0.6) is 0 Å². The number of nitrogens with two attached hydrogens (primary N) is 1. The Labute approximate surface area is 99.6 Å². The van der Waals surface area contributed by atoms with Crippen molar-refractivity contribution in [3.8, 4) is 12.1 Å². The number of nitrogens with zero attached hydrogens (tertiary/aromatic N) is 3. The lowest BCUT2D eigenvalue weighted by Crippen LogP contribution is -1.97. The summed E-state index contributed by atoms with van der Waals surface area (Å²) in [5, 5.41) is 17.2. The second-order valence-corrected chi connectivity index (χ2v) is 3.03. The first-order valence-corrected chi connectivity index (χ1v) is 4.83. The van der Waals surface area contributed by atoms with Crippen molar-refractivity contribution in [1.29, 1.82) is 10.5 Å². The summed E-state index contributed by atoms with van der Waals surface area (Å²) in [4.78, 5) is 3.79. The first kappa shape index (κ1) is 12.2. The normalized spacial score (nSPS) is 12.1. The van der Waals surface area contributed by atoms with Crippen molar-refractivity contribution in [3.05, 3.63) is 53.4 Å². The molecule has 0 saturated heterocycles. The second kappa shape index (κ2) is 6.60. The van der Waals surface area contributed by atoms with Crippen LogP contribution >= 0.6 is 0 Å². The summed E-state index contributed by atoms with van der Waals surface area (Å²) < 4.78 is 0. The summed E-state index contributed by atoms with van der Waals surface area (Å²) in [5.41, 5.74) is 6.04. The van der Waals surface area contributed by atoms with Crippen LogP contribution in [0.2, 0.25) is 0 Å². The van der Waals surface area contributed by atoms with Gasteiger partial charge in [-0.25, -0.2) is 4.99 Å². The third-order valence-electron chi connectivity index (χ3n) is 1.86. The highest BCUT2D eigenvalue weighted by atomic mass is 14.8. The van der Waals surface area contributed by atoms with E-state index < -0.39 is 0 Å². The van der Waals surface area contributed by atoms with Crippen molar-refractivity contribution in [3.63, 3.8) is 0 Å². The van der Waals surface area contributed by atoms with Crippen molar-refractivity contribution >= 4 is 12.3 Å². The Balaban J connectivity index is 2.73. The summed E-state index contributed by atoms with van der Waals surface area (Å²) >= 11 is 0. The van der Waals surface area contributed by atoms with Gasteiger partial charge >= 0.3 is 0 Å². The molecule has 0 aliphatic rings. The predicted octanol–water partition coefficient (Wildman–Crippen LogP) is 1.99. The summed E-state index contributed by atoms with van der Waals surface area (Å²) in [7, 11) is 0. The van der Waals surface area contributed by atoms with E-state index in [1.807, 2.05) is 36.4 Å². The maximum Gasteiger partial charge on any atom is 0.174 e. The van der Waals surface area contributed by atoms with Crippen molar-refractivity contribution in [2.75, 3.05) is 0 Å². The molecule has 0 saturated carbocycles. The number of rotatable bonds is 3. The van der Waals surface area contributed by atoms with E-state index in [4.69, 9.17) is 16.3 Å². The zero-order chi connectivity index (χ0) is 12.5. The maximum absolute atomic E-state index is 8.67. The van der Waals surface area contributed by atoms with Gasteiger partial charge in [-0.1, -0.05) is 36.4 Å². The first-order chi connectivity index (χ1) is 8.27. The van der Waals surface area contributed by atoms with Gasteiger partial charge in [0.25, 0.3) is 0 Å². The molecule has 17 heavy (non-hydrogen) atoms. The molecule has 82 valence electrons. The maximum atomic E-state index is 8.67. The molecule has 0 aromatic heterocycles. The van der Waals surface area contributed by atoms with E-state index in [1.54, 1.807) is 18.2 Å². The van der Waals surface area contributed by atoms with Crippen molar-refractivity contribution < 1.29 is 0 Å². The third-order valence-corrected chi connectivity index (χ3v) is 1.86. The molecular weight excluding hydrogens is 212 g/mol. The highest BCUT2D eigenvalue weighted by Gasteiger charge is 1.96. The van der Waals surface area contributed by atoms with Crippen LogP contribution in [-0.4, -0.2) is 6.21 Å². The van der Waals surface area contributed by atoms with Gasteiger partial charge in [0, 0.05) is 6.21 Å². The number of allylic oxidation sites excluding steroid dienone is 3. The summed E-state index contributed by atoms with van der Waals surface area (Å²) in [6.45, 7) is 0. The molecule has 0 amide bonds. The summed E-state index contributed by atoms with van der Waals surface area (Å²) in [5.74, 6) is 0. The summed E-state index contributed by atoms with van der Waals surface area (Å²) in [6.07, 6.45) is 4.94. The Morgan fingerprint density at radius 1 is 1.18 bits per heavy atom. The number of benzene rings is 1.